The van der Waals surface area contributed by atoms with Crippen LogP contribution < -0.4 is 0 Å². The molecule has 7 heteroatoms. The van der Waals surface area contributed by atoms with Crippen LogP contribution in [-0.4, -0.2) is 35.1 Å². The zero-order valence-electron chi connectivity index (χ0n) is 4.27. The summed E-state index contributed by atoms with van der Waals surface area (Å²) in [6, 6.07) is 0. The molecule has 0 fully saturated rings. The predicted octanol–water partition coefficient (Wildman–Crippen LogP) is 0.314. The van der Waals surface area contributed by atoms with Gasteiger partial charge in [-0.2, -0.15) is 0 Å². The standard InChI is InChI=1S/C2H2B2O4S/c5-1(6)3-9-4-2(7)8/h(H,5,6)(H,7,8). The van der Waals surface area contributed by atoms with Gasteiger partial charge in [0, 0.05) is 0 Å². The summed E-state index contributed by atoms with van der Waals surface area (Å²) in [5.41, 5.74) is 0. The Morgan fingerprint density at radius 1 is 1.11 bits per heavy atom. The summed E-state index contributed by atoms with van der Waals surface area (Å²) in [5, 5.41) is 15.9. The van der Waals surface area contributed by atoms with E-state index in [1.165, 1.54) is 0 Å². The molecule has 0 heterocycles. The summed E-state index contributed by atoms with van der Waals surface area (Å²) in [6.07, 6.45) is 0. The highest BCUT2D eigenvalue weighted by Gasteiger charge is 2.05. The minimum atomic E-state index is -1.14. The van der Waals surface area contributed by atoms with Crippen LogP contribution in [-0.2, 0) is 0 Å². The first kappa shape index (κ1) is 8.42. The smallest absolute Gasteiger partial charge is 0.324 e. The number of rotatable bonds is 4. The number of carbonyl (C=O) groups is 2. The topological polar surface area (TPSA) is 74.6 Å². The summed E-state index contributed by atoms with van der Waals surface area (Å²) in [5.74, 6) is -2.28. The zero-order valence-corrected chi connectivity index (χ0v) is 5.09. The normalized spacial score (nSPS) is 8.00. The molecule has 0 aliphatic heterocycles. The summed E-state index contributed by atoms with van der Waals surface area (Å²) >= 11 is 0.620. The van der Waals surface area contributed by atoms with E-state index < -0.39 is 11.7 Å². The average molecular weight is 144 g/mol. The molecule has 0 atom stereocenters. The molecule has 0 aliphatic rings. The third-order valence-electron chi connectivity index (χ3n) is 0.338. The average Bonchev–Trinajstić information content (AvgIpc) is 1.63. The van der Waals surface area contributed by atoms with Crippen molar-refractivity contribution >= 4 is 36.3 Å². The van der Waals surface area contributed by atoms with Gasteiger partial charge < -0.3 is 10.2 Å². The molecule has 0 rings (SSSR count). The molecule has 2 N–H and O–H groups in total. The summed E-state index contributed by atoms with van der Waals surface area (Å²) in [7, 11) is 0. The minimum Gasteiger partial charge on any atom is -0.489 e. The Bertz CT molecular complexity index is 112. The van der Waals surface area contributed by atoms with Gasteiger partial charge in [0.2, 0.25) is 0 Å². The molecule has 0 spiro atoms. The van der Waals surface area contributed by atoms with Crippen LogP contribution >= 0.6 is 11.5 Å². The fourth-order valence-electron chi connectivity index (χ4n) is 0.150. The quantitative estimate of drug-likeness (QED) is 0.555. The first-order valence-electron chi connectivity index (χ1n) is 1.90. The molecule has 0 saturated heterocycles. The fourth-order valence-corrected chi connectivity index (χ4v) is 0.451. The highest BCUT2D eigenvalue weighted by molar-refractivity contribution is 8.44. The van der Waals surface area contributed by atoms with Crippen LogP contribution in [0, 0.1) is 0 Å². The van der Waals surface area contributed by atoms with Gasteiger partial charge in [-0.1, -0.05) is 0 Å². The Morgan fingerprint density at radius 2 is 1.44 bits per heavy atom. The molecule has 9 heavy (non-hydrogen) atoms. The molecule has 0 aromatic rings. The number of hydrogen-bond acceptors (Lipinski definition) is 3. The Labute approximate surface area is 56.9 Å². The molecule has 0 aromatic heterocycles. The molecule has 46 valence electrons. The third kappa shape index (κ3) is 7.42. The maximum Gasteiger partial charge on any atom is 0.324 e. The predicted molar refractivity (Wildman–Crippen MR) is 35.1 cm³/mol. The van der Waals surface area contributed by atoms with E-state index in [2.05, 4.69) is 0 Å². The summed E-state index contributed by atoms with van der Waals surface area (Å²) < 4.78 is 0. The lowest BCUT2D eigenvalue weighted by molar-refractivity contribution is 0.219. The largest absolute Gasteiger partial charge is 0.489 e. The highest BCUT2D eigenvalue weighted by Crippen LogP contribution is 1.92. The number of carboxylic acid groups (broad SMARTS) is 2. The zero-order chi connectivity index (χ0) is 7.28. The third-order valence-corrected chi connectivity index (χ3v) is 1.01. The van der Waals surface area contributed by atoms with E-state index in [0.29, 0.717) is 11.5 Å². The van der Waals surface area contributed by atoms with Gasteiger partial charge >= 0.3 is 13.1 Å². The molecule has 0 bridgehead atoms. The van der Waals surface area contributed by atoms with Gasteiger partial charge in [-0.3, -0.25) is 9.59 Å². The summed E-state index contributed by atoms with van der Waals surface area (Å²) in [6.45, 7) is 1.57. The first-order valence-corrected chi connectivity index (χ1v) is 2.85. The van der Waals surface area contributed by atoms with Crippen LogP contribution in [0.25, 0.3) is 0 Å². The Kier molecular flexibility index (Phi) is 4.04. The van der Waals surface area contributed by atoms with E-state index in [1.807, 2.05) is 0 Å². The molecule has 0 aliphatic carbocycles. The second kappa shape index (κ2) is 4.31. The molecule has 0 amide bonds. The second-order valence-corrected chi connectivity index (χ2v) is 1.79. The van der Waals surface area contributed by atoms with Crippen molar-refractivity contribution in [1.82, 2.24) is 0 Å². The van der Waals surface area contributed by atoms with Crippen LogP contribution in [0.5, 0.6) is 0 Å². The van der Waals surface area contributed by atoms with E-state index in [0.717, 1.165) is 13.1 Å². The molecule has 2 radical (unpaired) electrons. The van der Waals surface area contributed by atoms with E-state index >= 15 is 0 Å². The van der Waals surface area contributed by atoms with Crippen molar-refractivity contribution in [3.8, 4) is 0 Å². The van der Waals surface area contributed by atoms with Crippen LogP contribution in [0.1, 0.15) is 0 Å². The second-order valence-electron chi connectivity index (χ2n) is 1.05. The SMILES string of the molecule is O=C(O)[B]S[B]C(=O)O. The van der Waals surface area contributed by atoms with Gasteiger partial charge in [0.15, 0.2) is 0 Å². The lowest BCUT2D eigenvalue weighted by Gasteiger charge is -1.85. The van der Waals surface area contributed by atoms with E-state index in [-0.39, 0.29) is 0 Å². The lowest BCUT2D eigenvalue weighted by Crippen LogP contribution is -2.07. The van der Waals surface area contributed by atoms with Crippen molar-refractivity contribution in [3.63, 3.8) is 0 Å². The molecule has 0 saturated carbocycles. The van der Waals surface area contributed by atoms with E-state index in [1.54, 1.807) is 0 Å². The van der Waals surface area contributed by atoms with E-state index in [9.17, 15) is 9.59 Å². The Balaban J connectivity index is 3.10. The van der Waals surface area contributed by atoms with Crippen LogP contribution in [0.4, 0.5) is 9.59 Å². The van der Waals surface area contributed by atoms with Crippen molar-refractivity contribution in [2.75, 3.05) is 0 Å². The van der Waals surface area contributed by atoms with Gasteiger partial charge in [-0.15, -0.1) is 0 Å². The van der Waals surface area contributed by atoms with Crippen molar-refractivity contribution in [1.29, 1.82) is 0 Å². The molecular weight excluding hydrogens is 142 g/mol. The van der Waals surface area contributed by atoms with Crippen molar-refractivity contribution in [2.24, 2.45) is 0 Å². The molecular formula is C2H2B2O4S. The van der Waals surface area contributed by atoms with Crippen LogP contribution in [0.3, 0.4) is 0 Å². The Hall–Kier alpha value is -0.580. The lowest BCUT2D eigenvalue weighted by atomic mass is 10.1. The minimum absolute atomic E-state index is 0.620. The van der Waals surface area contributed by atoms with Crippen LogP contribution in [0.2, 0.25) is 0 Å². The highest BCUT2D eigenvalue weighted by atomic mass is 32.2. The van der Waals surface area contributed by atoms with Crippen molar-refractivity contribution in [3.05, 3.63) is 0 Å². The molecule has 4 nitrogen and oxygen atoms in total. The van der Waals surface area contributed by atoms with Gasteiger partial charge in [0.25, 0.3) is 11.7 Å². The van der Waals surface area contributed by atoms with Crippen molar-refractivity contribution < 1.29 is 19.8 Å². The van der Waals surface area contributed by atoms with Gasteiger partial charge in [-0.05, 0) is 0 Å². The number of hydrogen-bond donors (Lipinski definition) is 2. The molecule has 0 unspecified atom stereocenters. The maximum atomic E-state index is 9.69. The first-order chi connectivity index (χ1) is 4.13. The van der Waals surface area contributed by atoms with Gasteiger partial charge in [-0.25, -0.2) is 11.5 Å². The summed E-state index contributed by atoms with van der Waals surface area (Å²) in [4.78, 5) is 19.4. The maximum absolute atomic E-state index is 9.69. The fraction of sp³-hybridized carbons (Fsp3) is 0. The van der Waals surface area contributed by atoms with Gasteiger partial charge in [0.1, 0.15) is 0 Å². The Morgan fingerprint density at radius 3 is 1.67 bits per heavy atom. The van der Waals surface area contributed by atoms with Crippen molar-refractivity contribution in [2.45, 2.75) is 0 Å². The monoisotopic (exact) mass is 144 g/mol. The van der Waals surface area contributed by atoms with Gasteiger partial charge in [0.05, 0.1) is 0 Å². The molecule has 0 aromatic carbocycles. The van der Waals surface area contributed by atoms with E-state index in [4.69, 9.17) is 10.2 Å². The van der Waals surface area contributed by atoms with Crippen LogP contribution in [0.15, 0.2) is 0 Å².